The number of aromatic nitrogens is 3. The van der Waals surface area contributed by atoms with Crippen molar-refractivity contribution in [2.45, 2.75) is 103 Å². The Morgan fingerprint density at radius 3 is 1.35 bits per heavy atom. The number of aryl methyl sites for hydroxylation is 2. The van der Waals surface area contributed by atoms with Crippen LogP contribution < -0.4 is 41.3 Å². The number of halogens is 1. The van der Waals surface area contributed by atoms with Crippen molar-refractivity contribution in [3.8, 4) is 0 Å². The number of hydrogen-bond acceptors (Lipinski definition) is 20. The highest BCUT2D eigenvalue weighted by Gasteiger charge is 2.48. The van der Waals surface area contributed by atoms with Gasteiger partial charge in [0, 0.05) is 72.0 Å². The Balaban J connectivity index is 0.000000174. The summed E-state index contributed by atoms with van der Waals surface area (Å²) in [6.45, 7) is 8.73. The largest absolute Gasteiger partial charge is 0.465 e. The number of hydrogen-bond donors (Lipinski definition) is 7. The highest BCUT2D eigenvalue weighted by molar-refractivity contribution is 9.10. The van der Waals surface area contributed by atoms with Gasteiger partial charge in [-0.05, 0) is 154 Å². The van der Waals surface area contributed by atoms with Crippen LogP contribution in [0, 0.1) is 16.7 Å². The van der Waals surface area contributed by atoms with Crippen molar-refractivity contribution in [1.29, 1.82) is 0 Å². The summed E-state index contributed by atoms with van der Waals surface area (Å²) >= 11 is 3.16. The number of esters is 1. The molecule has 5 atom stereocenters. The molecule has 13 rings (SSSR count). The summed E-state index contributed by atoms with van der Waals surface area (Å²) in [5, 5.41) is 33.7. The van der Waals surface area contributed by atoms with Crippen molar-refractivity contribution >= 4 is 132 Å². The minimum atomic E-state index is -1.38. The van der Waals surface area contributed by atoms with Gasteiger partial charge in [0.25, 0.3) is 17.7 Å². The summed E-state index contributed by atoms with van der Waals surface area (Å²) in [5.74, 6) is -3.59. The number of carbonyl (C=O) groups is 10. The third-order valence-electron chi connectivity index (χ3n) is 20.4. The number of para-hydroxylation sites is 3. The average Bonchev–Trinajstić information content (AvgIpc) is 1.62. The molecule has 0 bridgehead atoms. The Morgan fingerprint density at radius 1 is 0.508 bits per heavy atom. The number of Topliss-reactive ketones (excluding diaryl/α,β-unsaturated/α-hetero) is 3. The van der Waals surface area contributed by atoms with Gasteiger partial charge >= 0.3 is 12.0 Å². The Kier molecular flexibility index (Phi) is 28.9. The second-order valence-corrected chi connectivity index (χ2v) is 30.5. The zero-order valence-corrected chi connectivity index (χ0v) is 68.0. The van der Waals surface area contributed by atoms with E-state index in [1.54, 1.807) is 156 Å². The number of aliphatic hydroxyl groups excluding tert-OH is 2. The quantitative estimate of drug-likeness (QED) is 0.0177. The first-order valence-corrected chi connectivity index (χ1v) is 39.7. The normalized spacial score (nSPS) is 16.3. The van der Waals surface area contributed by atoms with Crippen LogP contribution in [-0.2, 0) is 60.7 Å². The number of ether oxygens (including phenoxy) is 1. The summed E-state index contributed by atoms with van der Waals surface area (Å²) in [6, 6.07) is 56.9. The van der Waals surface area contributed by atoms with E-state index in [4.69, 9.17) is 14.7 Å². The van der Waals surface area contributed by atoms with Crippen LogP contribution in [0.5, 0.6) is 0 Å². The smallest absolute Gasteiger partial charge is 0.321 e. The Morgan fingerprint density at radius 2 is 0.924 bits per heavy atom. The summed E-state index contributed by atoms with van der Waals surface area (Å²) in [6.07, 6.45) is 6.50. The molecule has 9 aromatic rings. The average molecular weight is 1660 g/mol. The third kappa shape index (κ3) is 21.4. The van der Waals surface area contributed by atoms with E-state index in [-0.39, 0.29) is 80.8 Å². The molecule has 1 saturated carbocycles. The van der Waals surface area contributed by atoms with E-state index in [0.29, 0.717) is 85.0 Å². The van der Waals surface area contributed by atoms with Gasteiger partial charge in [0.1, 0.15) is 18.7 Å². The first kappa shape index (κ1) is 86.0. The maximum Gasteiger partial charge on any atom is 0.321 e. The molecule has 28 heteroatoms. The van der Waals surface area contributed by atoms with Crippen LogP contribution >= 0.6 is 15.9 Å². The van der Waals surface area contributed by atoms with Crippen molar-refractivity contribution in [2.24, 2.45) is 31.7 Å². The van der Waals surface area contributed by atoms with Gasteiger partial charge in [-0.1, -0.05) is 140 Å². The molecule has 1 aliphatic carbocycles. The fourth-order valence-electron chi connectivity index (χ4n) is 13.5. The van der Waals surface area contributed by atoms with Crippen molar-refractivity contribution < 1.29 is 62.9 Å². The van der Waals surface area contributed by atoms with Crippen molar-refractivity contribution in [3.05, 3.63) is 264 Å². The number of alkyl halides is 1. The van der Waals surface area contributed by atoms with E-state index in [9.17, 15) is 58.2 Å². The van der Waals surface area contributed by atoms with E-state index >= 15 is 0 Å². The van der Waals surface area contributed by atoms with Gasteiger partial charge in [-0.25, -0.2) is 9.79 Å². The number of nitrogens with one attached hydrogen (secondary N) is 5. The highest BCUT2D eigenvalue weighted by Crippen LogP contribution is 2.46. The number of benzene rings is 6. The predicted octanol–water partition coefficient (Wildman–Crippen LogP) is 11.4. The number of fused-ring (bicyclic) bond motifs is 3. The SMILES string of the molecule is CCc1cccc(NC(=O)C[C@@H]2N=C(c3ccccn3)c3ccccc3N(CC(=O)[C@H](Br)CO)C2=O)c1.CCc1cccc(NC(=O)C[C@@H]2N=C(c3ccccn3)c3ccccc3N(CC(=O)[C@](C)(CO)C3CC3)C2=O)c1.CNc1cccc(NC(=O)N[C@@H]2N=C(c3ccccn3)c3ccccc3N(CC(=O)C(C)(C)COC(C)=O)C2=O)c1. The van der Waals surface area contributed by atoms with Gasteiger partial charge in [0.2, 0.25) is 18.0 Å². The molecule has 608 valence electrons. The fraction of sp³-hybridized carbons (Fsp3) is 0.289. The number of amides is 7. The van der Waals surface area contributed by atoms with E-state index in [1.807, 2.05) is 105 Å². The van der Waals surface area contributed by atoms with Crippen molar-refractivity contribution in [3.63, 3.8) is 0 Å². The molecule has 1 fully saturated rings. The molecule has 7 N–H and O–H groups in total. The number of carbonyl (C=O) groups excluding carboxylic acids is 10. The number of rotatable bonds is 28. The molecular weight excluding hydrogens is 1560 g/mol. The van der Waals surface area contributed by atoms with Gasteiger partial charge in [0.05, 0.1) is 113 Å². The molecular formula is C90H93BrN14O13. The van der Waals surface area contributed by atoms with Crippen LogP contribution in [0.1, 0.15) is 112 Å². The zero-order chi connectivity index (χ0) is 84.2. The monoisotopic (exact) mass is 1660 g/mol. The molecule has 6 heterocycles. The van der Waals surface area contributed by atoms with Gasteiger partial charge in [-0.3, -0.25) is 68.1 Å². The lowest BCUT2D eigenvalue weighted by molar-refractivity contribution is -0.146. The maximum absolute atomic E-state index is 14.1. The lowest BCUT2D eigenvalue weighted by Gasteiger charge is -2.31. The Labute approximate surface area is 692 Å². The summed E-state index contributed by atoms with van der Waals surface area (Å²) in [4.78, 5) is 163. The second-order valence-electron chi connectivity index (χ2n) is 29.4. The highest BCUT2D eigenvalue weighted by atomic mass is 79.9. The van der Waals surface area contributed by atoms with Gasteiger partial charge < -0.3 is 56.2 Å². The number of benzodiazepines with no additional fused rings is 3. The standard InChI is InChI=1S/C32H34N4O4.C30H32N6O5.C28H27BrN4O4/c1-3-21-9-8-10-23(17-21)34-29(39)18-26-31(40)36(19-28(38)32(2,20-37)22-14-15-22)27-13-5-4-11-24(27)30(35-26)25-12-6-7-16-33-25;1-19(37)41-18-30(2,3)25(38)17-36-24-14-6-5-12-22(24)26(23-13-7-8-15-32-23)34-27(28(36)39)35-29(40)33-21-11-9-10-20(16-21)31-4;1-2-18-8-7-9-19(14-18)31-26(36)15-23-28(37)33(16-25(35)21(29)17-34)24-12-4-3-10-20(24)27(32-23)22-11-5-6-13-30-22/h4-13,16-17,22,26,37H,3,14-15,18-20H2,1-2H3,(H,34,39);5-16,27,31H,17-18H2,1-4H3,(H2,33,35,40);3-14,21,23,34H,2,15-17H2,1H3,(H,31,36)/t26-,32+;27-;21-,23+/m001/s1. The van der Waals surface area contributed by atoms with E-state index < -0.39 is 70.2 Å². The summed E-state index contributed by atoms with van der Waals surface area (Å²) in [5.41, 5.74) is 8.97. The minimum Gasteiger partial charge on any atom is -0.465 e. The van der Waals surface area contributed by atoms with Crippen LogP contribution in [-0.4, -0.2) is 171 Å². The first-order chi connectivity index (χ1) is 56.8. The molecule has 0 spiro atoms. The van der Waals surface area contributed by atoms with Crippen LogP contribution in [0.25, 0.3) is 0 Å². The number of pyridine rings is 3. The van der Waals surface area contributed by atoms with Gasteiger partial charge in [-0.15, -0.1) is 0 Å². The molecule has 4 aliphatic rings. The van der Waals surface area contributed by atoms with E-state index in [0.717, 1.165) is 42.5 Å². The Hall–Kier alpha value is -12.9. The zero-order valence-electron chi connectivity index (χ0n) is 66.4. The molecule has 0 radical (unpaired) electrons. The molecule has 6 aromatic carbocycles. The van der Waals surface area contributed by atoms with Crippen LogP contribution in [0.4, 0.5) is 44.6 Å². The molecule has 0 saturated heterocycles. The number of ketones is 3. The van der Waals surface area contributed by atoms with Gasteiger partial charge in [0.15, 0.2) is 17.3 Å². The van der Waals surface area contributed by atoms with Crippen LogP contribution in [0.15, 0.2) is 234 Å². The van der Waals surface area contributed by atoms with E-state index in [2.05, 4.69) is 62.5 Å². The number of urea groups is 1. The maximum atomic E-state index is 14.1. The Bertz CT molecular complexity index is 5300. The summed E-state index contributed by atoms with van der Waals surface area (Å²) in [7, 11) is 1.76. The molecule has 27 nitrogen and oxygen atoms in total. The van der Waals surface area contributed by atoms with E-state index in [1.165, 1.54) is 21.6 Å². The lowest BCUT2D eigenvalue weighted by Crippen LogP contribution is -2.51. The van der Waals surface area contributed by atoms with Crippen LogP contribution in [0.3, 0.4) is 0 Å². The number of anilines is 7. The first-order valence-electron chi connectivity index (χ1n) is 38.7. The molecule has 3 aliphatic heterocycles. The molecule has 118 heavy (non-hydrogen) atoms. The third-order valence-corrected chi connectivity index (χ3v) is 21.2. The topological polar surface area (TPSA) is 366 Å². The van der Waals surface area contributed by atoms with Crippen molar-refractivity contribution in [2.75, 3.05) is 82.5 Å². The lowest BCUT2D eigenvalue weighted by atomic mass is 9.81. The van der Waals surface area contributed by atoms with Crippen molar-refractivity contribution in [1.82, 2.24) is 20.3 Å². The second kappa shape index (κ2) is 39.6. The number of aliphatic imine (C=N–C) groups is 3. The van der Waals surface area contributed by atoms with Gasteiger partial charge in [-0.2, -0.15) is 0 Å². The summed E-state index contributed by atoms with van der Waals surface area (Å²) < 4.78 is 5.10. The predicted molar refractivity (Wildman–Crippen MR) is 457 cm³/mol. The molecule has 7 amide bonds. The minimum absolute atomic E-state index is 0.100. The number of aliphatic hydroxyl groups is 2. The van der Waals surface area contributed by atoms with Crippen LogP contribution in [0.2, 0.25) is 0 Å². The molecule has 3 aromatic heterocycles. The fourth-order valence-corrected chi connectivity index (χ4v) is 13.6. The molecule has 0 unspecified atom stereocenters. The number of nitrogens with zero attached hydrogens (tertiary/aromatic N) is 9.